The molecule has 2 aliphatic rings. The van der Waals surface area contributed by atoms with Crippen LogP contribution >= 0.6 is 34.8 Å². The zero-order valence-electron chi connectivity index (χ0n) is 19.9. The van der Waals surface area contributed by atoms with Crippen LogP contribution in [0.1, 0.15) is 71.4 Å². The third kappa shape index (κ3) is 7.21. The van der Waals surface area contributed by atoms with Crippen LogP contribution in [0.15, 0.2) is 36.4 Å². The number of hydrogen-bond donors (Lipinski definition) is 3. The first-order chi connectivity index (χ1) is 16.8. The molecule has 2 fully saturated rings. The number of carbonyl (C=O) groups excluding carboxylic acids is 3. The summed E-state index contributed by atoms with van der Waals surface area (Å²) in [7, 11) is 0. The minimum Gasteiger partial charge on any atom is -0.478 e. The molecule has 192 valence electrons. The van der Waals surface area contributed by atoms with Gasteiger partial charge in [0.2, 0.25) is 11.8 Å². The molecular formula is C26H27Cl3N2O5. The van der Waals surface area contributed by atoms with E-state index in [9.17, 15) is 19.2 Å². The number of benzene rings is 2. The molecule has 2 aromatic rings. The number of nitrogens with one attached hydrogen (secondary N) is 2. The van der Waals surface area contributed by atoms with Crippen LogP contribution < -0.4 is 10.6 Å². The minimum atomic E-state index is -1.07. The lowest BCUT2D eigenvalue weighted by Crippen LogP contribution is -2.29. The Labute approximate surface area is 224 Å². The lowest BCUT2D eigenvalue weighted by Gasteiger charge is -2.10. The van der Waals surface area contributed by atoms with Crippen LogP contribution in [0.3, 0.4) is 0 Å². The highest BCUT2D eigenvalue weighted by Crippen LogP contribution is 2.45. The Morgan fingerprint density at radius 3 is 1.53 bits per heavy atom. The zero-order chi connectivity index (χ0) is 26.7. The van der Waals surface area contributed by atoms with E-state index in [1.807, 2.05) is 13.8 Å². The van der Waals surface area contributed by atoms with Crippen LogP contribution in [0.5, 0.6) is 0 Å². The van der Waals surface area contributed by atoms with Crippen molar-refractivity contribution in [3.8, 4) is 0 Å². The van der Waals surface area contributed by atoms with Crippen molar-refractivity contribution in [2.24, 2.45) is 10.8 Å². The summed E-state index contributed by atoms with van der Waals surface area (Å²) in [4.78, 5) is 45.5. The number of carboxylic acids is 1. The second-order valence-corrected chi connectivity index (χ2v) is 10.9. The van der Waals surface area contributed by atoms with Crippen molar-refractivity contribution in [1.82, 2.24) is 10.6 Å². The molecule has 2 aromatic carbocycles. The summed E-state index contributed by atoms with van der Waals surface area (Å²) in [6.45, 7) is 4.57. The Bertz CT molecular complexity index is 1110. The predicted molar refractivity (Wildman–Crippen MR) is 138 cm³/mol. The number of carbonyl (C=O) groups is 4. The quantitative estimate of drug-likeness (QED) is 0.369. The monoisotopic (exact) mass is 552 g/mol. The number of amides is 2. The number of halogens is 3. The Balaban J connectivity index is 0.000000201. The van der Waals surface area contributed by atoms with Gasteiger partial charge in [0, 0.05) is 23.9 Å². The summed E-state index contributed by atoms with van der Waals surface area (Å²) in [5.41, 5.74) is 1.44. The minimum absolute atomic E-state index is 0.0225. The van der Waals surface area contributed by atoms with Crippen LogP contribution in [0.4, 0.5) is 0 Å². The third-order valence-electron chi connectivity index (χ3n) is 6.51. The second kappa shape index (κ2) is 11.2. The maximum absolute atomic E-state index is 11.8. The van der Waals surface area contributed by atoms with Gasteiger partial charge in [0.05, 0.1) is 21.2 Å². The topological polar surface area (TPSA) is 113 Å². The fourth-order valence-electron chi connectivity index (χ4n) is 3.30. The van der Waals surface area contributed by atoms with Gasteiger partial charge in [0.15, 0.2) is 0 Å². The van der Waals surface area contributed by atoms with Crippen molar-refractivity contribution in [2.75, 3.05) is 0 Å². The molecule has 2 aliphatic carbocycles. The maximum Gasteiger partial charge on any atom is 0.337 e. The number of carboxylic acid groups (broad SMARTS) is 1. The van der Waals surface area contributed by atoms with Gasteiger partial charge in [-0.05, 0) is 72.7 Å². The molecule has 2 saturated carbocycles. The van der Waals surface area contributed by atoms with E-state index in [4.69, 9.17) is 39.9 Å². The van der Waals surface area contributed by atoms with Gasteiger partial charge in [-0.3, -0.25) is 14.4 Å². The molecule has 0 radical (unpaired) electrons. The van der Waals surface area contributed by atoms with Crippen LogP contribution in [0.2, 0.25) is 10.0 Å². The lowest BCUT2D eigenvalue weighted by atomic mass is 10.1. The molecule has 3 N–H and O–H groups in total. The Morgan fingerprint density at radius 2 is 1.17 bits per heavy atom. The third-order valence-corrected chi connectivity index (χ3v) is 7.37. The average Bonchev–Trinajstić information content (AvgIpc) is 3.76. The number of rotatable bonds is 8. The van der Waals surface area contributed by atoms with E-state index in [2.05, 4.69) is 10.6 Å². The zero-order valence-corrected chi connectivity index (χ0v) is 22.2. The van der Waals surface area contributed by atoms with Crippen LogP contribution in [-0.4, -0.2) is 28.1 Å². The van der Waals surface area contributed by atoms with Crippen molar-refractivity contribution in [3.05, 3.63) is 68.7 Å². The van der Waals surface area contributed by atoms with E-state index in [1.165, 1.54) is 12.1 Å². The molecule has 0 atom stereocenters. The smallest absolute Gasteiger partial charge is 0.337 e. The predicted octanol–water partition coefficient (Wildman–Crippen LogP) is 5.59. The first-order valence-corrected chi connectivity index (χ1v) is 12.5. The molecule has 0 spiro atoms. The summed E-state index contributed by atoms with van der Waals surface area (Å²) in [5, 5.41) is 14.5. The van der Waals surface area contributed by atoms with E-state index in [1.54, 1.807) is 24.3 Å². The van der Waals surface area contributed by atoms with Gasteiger partial charge >= 0.3 is 5.97 Å². The molecule has 0 saturated heterocycles. The van der Waals surface area contributed by atoms with E-state index in [0.29, 0.717) is 18.1 Å². The number of aromatic carboxylic acids is 1. The summed E-state index contributed by atoms with van der Waals surface area (Å²) in [5.74, 6) is -0.993. The van der Waals surface area contributed by atoms with Crippen LogP contribution in [0, 0.1) is 10.8 Å². The summed E-state index contributed by atoms with van der Waals surface area (Å²) < 4.78 is 0. The largest absolute Gasteiger partial charge is 0.478 e. The van der Waals surface area contributed by atoms with Gasteiger partial charge in [-0.2, -0.15) is 0 Å². The average molecular weight is 554 g/mol. The van der Waals surface area contributed by atoms with Crippen molar-refractivity contribution in [1.29, 1.82) is 0 Å². The van der Waals surface area contributed by atoms with Crippen molar-refractivity contribution in [3.63, 3.8) is 0 Å². The normalized spacial score (nSPS) is 16.1. The molecule has 4 rings (SSSR count). The summed E-state index contributed by atoms with van der Waals surface area (Å²) in [6.07, 6.45) is 3.70. The second-order valence-electron chi connectivity index (χ2n) is 9.69. The van der Waals surface area contributed by atoms with Crippen LogP contribution in [0.25, 0.3) is 0 Å². The first kappa shape index (κ1) is 28.0. The SMILES string of the molecule is CC1(C(=O)NCc2ccc(Cl)c(C(=O)Cl)c2)CC1.CC1(C(=O)NCc2ccc(Cl)c(C(=O)O)c2)CC1. The summed E-state index contributed by atoms with van der Waals surface area (Å²) >= 11 is 17.0. The highest BCUT2D eigenvalue weighted by atomic mass is 35.5. The summed E-state index contributed by atoms with van der Waals surface area (Å²) in [6, 6.07) is 9.71. The van der Waals surface area contributed by atoms with Gasteiger partial charge in [-0.1, -0.05) is 49.2 Å². The van der Waals surface area contributed by atoms with Crippen LogP contribution in [-0.2, 0) is 22.7 Å². The highest BCUT2D eigenvalue weighted by molar-refractivity contribution is 6.68. The fraction of sp³-hybridized carbons (Fsp3) is 0.385. The van der Waals surface area contributed by atoms with Gasteiger partial charge in [0.25, 0.3) is 5.24 Å². The first-order valence-electron chi connectivity index (χ1n) is 11.4. The van der Waals surface area contributed by atoms with E-state index < -0.39 is 11.2 Å². The molecule has 0 aliphatic heterocycles. The van der Waals surface area contributed by atoms with E-state index in [0.717, 1.165) is 36.8 Å². The maximum atomic E-state index is 11.8. The molecule has 0 heterocycles. The van der Waals surface area contributed by atoms with Gasteiger partial charge in [0.1, 0.15) is 0 Å². The van der Waals surface area contributed by atoms with Crippen molar-refractivity contribution in [2.45, 2.75) is 52.6 Å². The number of hydrogen-bond acceptors (Lipinski definition) is 4. The molecule has 10 heteroatoms. The standard InChI is InChI=1S/C13H13Cl2NO2.C13H14ClNO3/c1-13(4-5-13)12(18)16-7-8-2-3-10(14)9(6-8)11(15)17;1-13(4-5-13)12(18)15-7-8-2-3-10(14)9(6-8)11(16)17/h2-3,6H,4-5,7H2,1H3,(H,16,18);2-3,6H,4-5,7H2,1H3,(H,15,18)(H,16,17). The fourth-order valence-corrected chi connectivity index (χ4v) is 3.91. The highest BCUT2D eigenvalue weighted by Gasteiger charge is 2.45. The molecular weight excluding hydrogens is 527 g/mol. The Kier molecular flexibility index (Phi) is 8.70. The van der Waals surface area contributed by atoms with Gasteiger partial charge < -0.3 is 15.7 Å². The van der Waals surface area contributed by atoms with Crippen molar-refractivity contribution >= 4 is 57.8 Å². The van der Waals surface area contributed by atoms with Gasteiger partial charge in [-0.15, -0.1) is 0 Å². The molecule has 0 unspecified atom stereocenters. The Morgan fingerprint density at radius 1 is 0.778 bits per heavy atom. The van der Waals surface area contributed by atoms with E-state index in [-0.39, 0.29) is 38.8 Å². The lowest BCUT2D eigenvalue weighted by molar-refractivity contribution is -0.126. The van der Waals surface area contributed by atoms with Gasteiger partial charge in [-0.25, -0.2) is 4.79 Å². The molecule has 2 amide bonds. The van der Waals surface area contributed by atoms with Crippen molar-refractivity contribution < 1.29 is 24.3 Å². The molecule has 0 aromatic heterocycles. The molecule has 7 nitrogen and oxygen atoms in total. The Hall–Kier alpha value is -2.61. The molecule has 36 heavy (non-hydrogen) atoms. The molecule has 0 bridgehead atoms. The van der Waals surface area contributed by atoms with E-state index >= 15 is 0 Å².